The van der Waals surface area contributed by atoms with Gasteiger partial charge < -0.3 is 10.6 Å². The third-order valence-electron chi connectivity index (χ3n) is 5.32. The summed E-state index contributed by atoms with van der Waals surface area (Å²) in [7, 11) is 0. The summed E-state index contributed by atoms with van der Waals surface area (Å²) in [6, 6.07) is 4.31. The molecule has 25 heavy (non-hydrogen) atoms. The Kier molecular flexibility index (Phi) is 6.87. The van der Waals surface area contributed by atoms with Crippen molar-refractivity contribution in [3.8, 4) is 0 Å². The monoisotopic (exact) mass is 363 g/mol. The van der Waals surface area contributed by atoms with Crippen molar-refractivity contribution in [3.63, 3.8) is 0 Å². The molecular weight excluding hydrogens is 334 g/mol. The maximum absolute atomic E-state index is 12.3. The lowest BCUT2D eigenvalue weighted by molar-refractivity contribution is -0.127. The normalized spacial score (nSPS) is 20.3. The molecule has 2 amide bonds. The van der Waals surface area contributed by atoms with Gasteiger partial charge in [0, 0.05) is 29.9 Å². The predicted molar refractivity (Wildman–Crippen MR) is 100 cm³/mol. The molecule has 2 aliphatic rings. The van der Waals surface area contributed by atoms with Crippen LogP contribution in [0.4, 0.5) is 0 Å². The van der Waals surface area contributed by atoms with Gasteiger partial charge >= 0.3 is 0 Å². The van der Waals surface area contributed by atoms with Crippen LogP contribution in [-0.4, -0.2) is 42.4 Å². The van der Waals surface area contributed by atoms with E-state index in [1.807, 2.05) is 17.5 Å². The Labute approximate surface area is 154 Å². The molecule has 1 aromatic heterocycles. The van der Waals surface area contributed by atoms with Crippen LogP contribution in [0.1, 0.15) is 49.8 Å². The van der Waals surface area contributed by atoms with Gasteiger partial charge in [-0.25, -0.2) is 0 Å². The third-order valence-corrected chi connectivity index (χ3v) is 6.19. The lowest BCUT2D eigenvalue weighted by Crippen LogP contribution is -2.48. The second-order valence-corrected chi connectivity index (χ2v) is 8.28. The molecule has 0 unspecified atom stereocenters. The van der Waals surface area contributed by atoms with E-state index in [-0.39, 0.29) is 23.8 Å². The molecule has 1 aliphatic heterocycles. The maximum Gasteiger partial charge on any atom is 0.234 e. The average molecular weight is 364 g/mol. The van der Waals surface area contributed by atoms with E-state index in [0.717, 1.165) is 38.8 Å². The highest BCUT2D eigenvalue weighted by molar-refractivity contribution is 7.09. The molecule has 5 nitrogen and oxygen atoms in total. The van der Waals surface area contributed by atoms with Crippen LogP contribution < -0.4 is 10.6 Å². The van der Waals surface area contributed by atoms with Crippen LogP contribution in [0.3, 0.4) is 0 Å². The standard InChI is InChI=1S/C19H29N3O2S/c23-18(20-13-17-7-4-12-25-17)14-22-10-8-16(9-11-22)21-19(24)15-5-2-1-3-6-15/h4,7,12,15-16H,1-3,5-6,8-11,13-14H2,(H,20,23)(H,21,24). The van der Waals surface area contributed by atoms with Crippen LogP contribution in [0.5, 0.6) is 0 Å². The van der Waals surface area contributed by atoms with Crippen molar-refractivity contribution >= 4 is 23.2 Å². The Morgan fingerprint density at radius 3 is 2.56 bits per heavy atom. The largest absolute Gasteiger partial charge is 0.353 e. The number of rotatable bonds is 6. The summed E-state index contributed by atoms with van der Waals surface area (Å²) in [5, 5.41) is 8.24. The summed E-state index contributed by atoms with van der Waals surface area (Å²) >= 11 is 1.66. The molecule has 1 aliphatic carbocycles. The molecule has 1 saturated carbocycles. The number of piperidine rings is 1. The van der Waals surface area contributed by atoms with Gasteiger partial charge in [0.15, 0.2) is 0 Å². The van der Waals surface area contributed by atoms with Crippen molar-refractivity contribution in [2.45, 2.75) is 57.5 Å². The molecule has 0 bridgehead atoms. The number of nitrogens with one attached hydrogen (secondary N) is 2. The highest BCUT2D eigenvalue weighted by Gasteiger charge is 2.26. The number of thiophene rings is 1. The van der Waals surface area contributed by atoms with Crippen LogP contribution in [-0.2, 0) is 16.1 Å². The third kappa shape index (κ3) is 5.82. The van der Waals surface area contributed by atoms with E-state index in [9.17, 15) is 9.59 Å². The van der Waals surface area contributed by atoms with Crippen molar-refractivity contribution in [1.29, 1.82) is 0 Å². The number of likely N-dealkylation sites (tertiary alicyclic amines) is 1. The molecule has 3 rings (SSSR count). The van der Waals surface area contributed by atoms with Gasteiger partial charge in [-0.05, 0) is 37.1 Å². The quantitative estimate of drug-likeness (QED) is 0.816. The molecule has 2 N–H and O–H groups in total. The molecule has 1 aromatic rings. The van der Waals surface area contributed by atoms with Gasteiger partial charge in [-0.15, -0.1) is 11.3 Å². The topological polar surface area (TPSA) is 61.4 Å². The zero-order valence-electron chi connectivity index (χ0n) is 14.8. The van der Waals surface area contributed by atoms with Crippen LogP contribution in [0, 0.1) is 5.92 Å². The molecule has 6 heteroatoms. The first-order chi connectivity index (χ1) is 12.2. The Morgan fingerprint density at radius 1 is 1.12 bits per heavy atom. The van der Waals surface area contributed by atoms with Crippen LogP contribution >= 0.6 is 11.3 Å². The minimum Gasteiger partial charge on any atom is -0.353 e. The van der Waals surface area contributed by atoms with Crippen molar-refractivity contribution in [2.24, 2.45) is 5.92 Å². The highest BCUT2D eigenvalue weighted by atomic mass is 32.1. The highest BCUT2D eigenvalue weighted by Crippen LogP contribution is 2.24. The SMILES string of the molecule is O=C(CN1CCC(NC(=O)C2CCCCC2)CC1)NCc1cccs1. The number of carbonyl (C=O) groups is 2. The fourth-order valence-electron chi connectivity index (χ4n) is 3.78. The molecule has 2 heterocycles. The summed E-state index contributed by atoms with van der Waals surface area (Å²) in [5.74, 6) is 0.569. The van der Waals surface area contributed by atoms with Gasteiger partial charge in [-0.1, -0.05) is 25.3 Å². The van der Waals surface area contributed by atoms with Crippen LogP contribution in [0.2, 0.25) is 0 Å². The van der Waals surface area contributed by atoms with Crippen molar-refractivity contribution in [3.05, 3.63) is 22.4 Å². The van der Waals surface area contributed by atoms with Gasteiger partial charge in [0.25, 0.3) is 0 Å². The molecule has 0 atom stereocenters. The predicted octanol–water partition coefficient (Wildman–Crippen LogP) is 2.53. The molecule has 0 aromatic carbocycles. The second-order valence-electron chi connectivity index (χ2n) is 7.25. The van der Waals surface area contributed by atoms with Gasteiger partial charge in [0.2, 0.25) is 11.8 Å². The fraction of sp³-hybridized carbons (Fsp3) is 0.684. The minimum atomic E-state index is 0.0816. The zero-order chi connectivity index (χ0) is 17.5. The van der Waals surface area contributed by atoms with Gasteiger partial charge in [0.1, 0.15) is 0 Å². The maximum atomic E-state index is 12.3. The van der Waals surface area contributed by atoms with Crippen molar-refractivity contribution in [1.82, 2.24) is 15.5 Å². The number of hydrogen-bond donors (Lipinski definition) is 2. The molecule has 2 fully saturated rings. The fourth-order valence-corrected chi connectivity index (χ4v) is 4.42. The lowest BCUT2D eigenvalue weighted by Gasteiger charge is -2.33. The molecule has 0 radical (unpaired) electrons. The number of nitrogens with zero attached hydrogens (tertiary/aromatic N) is 1. The number of carbonyl (C=O) groups excluding carboxylic acids is 2. The van der Waals surface area contributed by atoms with Gasteiger partial charge in [-0.2, -0.15) is 0 Å². The Bertz CT molecular complexity index is 547. The van der Waals surface area contributed by atoms with Crippen molar-refractivity contribution < 1.29 is 9.59 Å². The number of amides is 2. The smallest absolute Gasteiger partial charge is 0.234 e. The van der Waals surface area contributed by atoms with E-state index >= 15 is 0 Å². The van der Waals surface area contributed by atoms with Crippen molar-refractivity contribution in [2.75, 3.05) is 19.6 Å². The molecule has 1 saturated heterocycles. The van der Waals surface area contributed by atoms with E-state index in [2.05, 4.69) is 15.5 Å². The van der Waals surface area contributed by atoms with Crippen LogP contribution in [0.15, 0.2) is 17.5 Å². The lowest BCUT2D eigenvalue weighted by atomic mass is 9.88. The summed E-state index contributed by atoms with van der Waals surface area (Å²) < 4.78 is 0. The summed E-state index contributed by atoms with van der Waals surface area (Å²) in [4.78, 5) is 27.8. The van der Waals surface area contributed by atoms with E-state index in [4.69, 9.17) is 0 Å². The van der Waals surface area contributed by atoms with Gasteiger partial charge in [0.05, 0.1) is 13.1 Å². The zero-order valence-corrected chi connectivity index (χ0v) is 15.7. The number of hydrogen-bond acceptors (Lipinski definition) is 4. The van der Waals surface area contributed by atoms with E-state index < -0.39 is 0 Å². The first-order valence-electron chi connectivity index (χ1n) is 9.52. The van der Waals surface area contributed by atoms with Crippen LogP contribution in [0.25, 0.3) is 0 Å². The molecular formula is C19H29N3O2S. The first-order valence-corrected chi connectivity index (χ1v) is 10.4. The van der Waals surface area contributed by atoms with Gasteiger partial charge in [-0.3, -0.25) is 14.5 Å². The van der Waals surface area contributed by atoms with E-state index in [0.29, 0.717) is 13.1 Å². The average Bonchev–Trinajstić information content (AvgIpc) is 3.16. The Balaban J connectivity index is 1.32. The summed E-state index contributed by atoms with van der Waals surface area (Å²) in [6.45, 7) is 2.82. The summed E-state index contributed by atoms with van der Waals surface area (Å²) in [5.41, 5.74) is 0. The second kappa shape index (κ2) is 9.34. The van der Waals surface area contributed by atoms with E-state index in [1.165, 1.54) is 24.1 Å². The summed E-state index contributed by atoms with van der Waals surface area (Å²) in [6.07, 6.45) is 7.64. The Morgan fingerprint density at radius 2 is 1.88 bits per heavy atom. The minimum absolute atomic E-state index is 0.0816. The van der Waals surface area contributed by atoms with E-state index in [1.54, 1.807) is 11.3 Å². The Hall–Kier alpha value is -1.40. The first kappa shape index (κ1) is 18.4. The molecule has 138 valence electrons. The molecule has 0 spiro atoms.